The second kappa shape index (κ2) is 7.89. The third-order valence-electron chi connectivity index (χ3n) is 3.09. The van der Waals surface area contributed by atoms with Crippen molar-refractivity contribution in [3.05, 3.63) is 12.4 Å². The molecule has 0 spiro atoms. The molecule has 114 valence electrons. The molecule has 1 aromatic heterocycles. The van der Waals surface area contributed by atoms with Gasteiger partial charge in [0.05, 0.1) is 11.9 Å². The van der Waals surface area contributed by atoms with Gasteiger partial charge in [0.15, 0.2) is 0 Å². The quantitative estimate of drug-likeness (QED) is 0.640. The second-order valence-electron chi connectivity index (χ2n) is 5.80. The van der Waals surface area contributed by atoms with Gasteiger partial charge in [-0.05, 0) is 24.7 Å². The molecule has 0 fully saturated rings. The van der Waals surface area contributed by atoms with E-state index in [1.807, 2.05) is 20.0 Å². The number of hydrogen-bond donors (Lipinski definition) is 3. The number of nitrogens with one attached hydrogen (secondary N) is 2. The van der Waals surface area contributed by atoms with Crippen molar-refractivity contribution in [3.8, 4) is 0 Å². The first kappa shape index (κ1) is 16.5. The van der Waals surface area contributed by atoms with Gasteiger partial charge in [-0.25, -0.2) is 4.79 Å². The Balaban J connectivity index is 2.23. The van der Waals surface area contributed by atoms with Crippen LogP contribution < -0.4 is 10.6 Å². The van der Waals surface area contributed by atoms with Crippen LogP contribution in [-0.2, 0) is 6.54 Å². The lowest BCUT2D eigenvalue weighted by Crippen LogP contribution is -2.30. The van der Waals surface area contributed by atoms with Crippen molar-refractivity contribution < 1.29 is 9.90 Å². The smallest absolute Gasteiger partial charge is 0.319 e. The van der Waals surface area contributed by atoms with Gasteiger partial charge >= 0.3 is 6.03 Å². The minimum Gasteiger partial charge on any atom is -0.396 e. The lowest BCUT2D eigenvalue weighted by atomic mass is 9.89. The Kier molecular flexibility index (Phi) is 6.51. The molecule has 0 unspecified atom stereocenters. The van der Waals surface area contributed by atoms with Gasteiger partial charge in [0.2, 0.25) is 0 Å². The highest BCUT2D eigenvalue weighted by atomic mass is 16.3. The molecule has 1 rings (SSSR count). The summed E-state index contributed by atoms with van der Waals surface area (Å²) < 4.78 is 1.80. The molecule has 0 aromatic carbocycles. The molecule has 6 heteroatoms. The minimum atomic E-state index is -0.220. The molecule has 2 amide bonds. The van der Waals surface area contributed by atoms with Crippen LogP contribution in [0.5, 0.6) is 0 Å². The van der Waals surface area contributed by atoms with E-state index >= 15 is 0 Å². The summed E-state index contributed by atoms with van der Waals surface area (Å²) in [6, 6.07) is -0.220. The van der Waals surface area contributed by atoms with E-state index < -0.39 is 0 Å². The fourth-order valence-electron chi connectivity index (χ4n) is 1.80. The number of rotatable bonds is 8. The van der Waals surface area contributed by atoms with Gasteiger partial charge in [-0.2, -0.15) is 5.10 Å². The van der Waals surface area contributed by atoms with Gasteiger partial charge in [0.25, 0.3) is 0 Å². The summed E-state index contributed by atoms with van der Waals surface area (Å²) in [5, 5.41) is 18.8. The van der Waals surface area contributed by atoms with Crippen molar-refractivity contribution in [3.63, 3.8) is 0 Å². The molecular formula is C14H26N4O2. The second-order valence-corrected chi connectivity index (χ2v) is 5.80. The molecule has 1 heterocycles. The van der Waals surface area contributed by atoms with E-state index in [1.165, 1.54) is 0 Å². The van der Waals surface area contributed by atoms with Crippen LogP contribution in [0.4, 0.5) is 10.5 Å². The van der Waals surface area contributed by atoms with Crippen molar-refractivity contribution in [2.45, 2.75) is 46.6 Å². The number of aliphatic hydroxyl groups is 1. The lowest BCUT2D eigenvalue weighted by Gasteiger charge is -2.21. The molecule has 20 heavy (non-hydrogen) atoms. The van der Waals surface area contributed by atoms with Crippen molar-refractivity contribution in [2.75, 3.05) is 18.5 Å². The third-order valence-corrected chi connectivity index (χ3v) is 3.09. The van der Waals surface area contributed by atoms with Gasteiger partial charge in [-0.1, -0.05) is 20.8 Å². The number of aliphatic hydroxyl groups excluding tert-OH is 1. The molecule has 0 atom stereocenters. The molecule has 1 aromatic rings. The highest BCUT2D eigenvalue weighted by Gasteiger charge is 2.15. The molecule has 6 nitrogen and oxygen atoms in total. The van der Waals surface area contributed by atoms with E-state index in [-0.39, 0.29) is 18.1 Å². The largest absolute Gasteiger partial charge is 0.396 e. The Morgan fingerprint density at radius 2 is 2.25 bits per heavy atom. The zero-order chi connectivity index (χ0) is 15.0. The van der Waals surface area contributed by atoms with Crippen LogP contribution in [0.3, 0.4) is 0 Å². The first-order valence-corrected chi connectivity index (χ1v) is 7.15. The molecule has 0 saturated carbocycles. The summed E-state index contributed by atoms with van der Waals surface area (Å²) >= 11 is 0. The number of aromatic nitrogens is 2. The fourth-order valence-corrected chi connectivity index (χ4v) is 1.80. The summed E-state index contributed by atoms with van der Waals surface area (Å²) in [7, 11) is 0. The molecule has 0 bridgehead atoms. The predicted octanol–water partition coefficient (Wildman–Crippen LogP) is 2.21. The average molecular weight is 282 g/mol. The number of hydrogen-bond acceptors (Lipinski definition) is 3. The van der Waals surface area contributed by atoms with Crippen molar-refractivity contribution in [1.82, 2.24) is 15.1 Å². The predicted molar refractivity (Wildman–Crippen MR) is 79.6 cm³/mol. The topological polar surface area (TPSA) is 79.2 Å². The number of anilines is 1. The maximum atomic E-state index is 11.7. The Hall–Kier alpha value is -1.56. The standard InChI is InChI=1S/C14H26N4O2/c1-4-8-18-10-12(9-16-18)17-13(20)15-7-5-6-14(2,3)11-19/h9-10,19H,4-8,11H2,1-3H3,(H2,15,17,20). The van der Waals surface area contributed by atoms with Crippen LogP contribution in [0.2, 0.25) is 0 Å². The molecule has 0 aliphatic heterocycles. The summed E-state index contributed by atoms with van der Waals surface area (Å²) in [6.07, 6.45) is 6.18. The molecule has 0 radical (unpaired) electrons. The van der Waals surface area contributed by atoms with Crippen LogP contribution in [0, 0.1) is 5.41 Å². The Bertz CT molecular complexity index is 415. The molecule has 0 saturated heterocycles. The lowest BCUT2D eigenvalue weighted by molar-refractivity contribution is 0.148. The third kappa shape index (κ3) is 6.06. The Morgan fingerprint density at radius 1 is 1.50 bits per heavy atom. The van der Waals surface area contributed by atoms with E-state index in [1.54, 1.807) is 10.9 Å². The average Bonchev–Trinajstić information content (AvgIpc) is 2.82. The number of amides is 2. The Labute approximate surface area is 120 Å². The zero-order valence-electron chi connectivity index (χ0n) is 12.6. The summed E-state index contributed by atoms with van der Waals surface area (Å²) in [6.45, 7) is 7.70. The normalized spacial score (nSPS) is 11.4. The van der Waals surface area contributed by atoms with Gasteiger partial charge in [-0.15, -0.1) is 0 Å². The first-order valence-electron chi connectivity index (χ1n) is 7.15. The maximum absolute atomic E-state index is 11.7. The summed E-state index contributed by atoms with van der Waals surface area (Å²) in [5.41, 5.74) is 0.617. The monoisotopic (exact) mass is 282 g/mol. The first-order chi connectivity index (χ1) is 9.46. The van der Waals surface area contributed by atoms with E-state index in [2.05, 4.69) is 22.7 Å². The number of carbonyl (C=O) groups is 1. The number of aryl methyl sites for hydroxylation is 1. The van der Waals surface area contributed by atoms with E-state index in [4.69, 9.17) is 5.11 Å². The fraction of sp³-hybridized carbons (Fsp3) is 0.714. The summed E-state index contributed by atoms with van der Waals surface area (Å²) in [5.74, 6) is 0. The van der Waals surface area contributed by atoms with E-state index in [0.29, 0.717) is 12.2 Å². The van der Waals surface area contributed by atoms with Crippen molar-refractivity contribution in [2.24, 2.45) is 5.41 Å². The van der Waals surface area contributed by atoms with Crippen molar-refractivity contribution >= 4 is 11.7 Å². The van der Waals surface area contributed by atoms with E-state index in [9.17, 15) is 4.79 Å². The van der Waals surface area contributed by atoms with Gasteiger partial charge in [0.1, 0.15) is 0 Å². The van der Waals surface area contributed by atoms with Crippen LogP contribution in [0.1, 0.15) is 40.0 Å². The Morgan fingerprint density at radius 3 is 2.90 bits per heavy atom. The SMILES string of the molecule is CCCn1cc(NC(=O)NCCCC(C)(C)CO)cn1. The molecule has 3 N–H and O–H groups in total. The van der Waals surface area contributed by atoms with Crippen LogP contribution in [0.25, 0.3) is 0 Å². The van der Waals surface area contributed by atoms with Crippen LogP contribution in [-0.4, -0.2) is 34.1 Å². The highest BCUT2D eigenvalue weighted by Crippen LogP contribution is 2.20. The number of urea groups is 1. The maximum Gasteiger partial charge on any atom is 0.319 e. The van der Waals surface area contributed by atoms with Gasteiger partial charge in [-0.3, -0.25) is 4.68 Å². The molecule has 0 aliphatic rings. The number of nitrogens with zero attached hydrogens (tertiary/aromatic N) is 2. The molecule has 0 aliphatic carbocycles. The van der Waals surface area contributed by atoms with E-state index in [0.717, 1.165) is 25.8 Å². The van der Waals surface area contributed by atoms with Crippen molar-refractivity contribution in [1.29, 1.82) is 0 Å². The molecular weight excluding hydrogens is 256 g/mol. The van der Waals surface area contributed by atoms with Gasteiger partial charge in [0, 0.05) is 25.9 Å². The highest BCUT2D eigenvalue weighted by molar-refractivity contribution is 5.88. The summed E-state index contributed by atoms with van der Waals surface area (Å²) in [4.78, 5) is 11.7. The van der Waals surface area contributed by atoms with Gasteiger partial charge < -0.3 is 15.7 Å². The minimum absolute atomic E-state index is 0.0839. The zero-order valence-corrected chi connectivity index (χ0v) is 12.6. The van der Waals surface area contributed by atoms with Crippen LogP contribution >= 0.6 is 0 Å². The number of carbonyl (C=O) groups excluding carboxylic acids is 1. The van der Waals surface area contributed by atoms with Crippen LogP contribution in [0.15, 0.2) is 12.4 Å².